The fourth-order valence-corrected chi connectivity index (χ4v) is 4.63. The Balaban J connectivity index is 1.52. The lowest BCUT2D eigenvalue weighted by molar-refractivity contribution is -0.132. The molecular formula is C27H24Cl2N4O2S. The van der Waals surface area contributed by atoms with Crippen molar-refractivity contribution in [2.75, 3.05) is 24.2 Å². The smallest absolute Gasteiger partial charge is 0.245 e. The summed E-state index contributed by atoms with van der Waals surface area (Å²) in [6.07, 6.45) is 0. The molecule has 4 rings (SSSR count). The van der Waals surface area contributed by atoms with Crippen LogP contribution in [0.1, 0.15) is 6.92 Å². The van der Waals surface area contributed by atoms with Crippen LogP contribution < -0.4 is 5.32 Å². The van der Waals surface area contributed by atoms with Crippen molar-refractivity contribution < 1.29 is 9.59 Å². The summed E-state index contributed by atoms with van der Waals surface area (Å²) in [5, 5.41) is 8.40. The highest BCUT2D eigenvalue weighted by Crippen LogP contribution is 2.29. The maximum absolute atomic E-state index is 13.0. The van der Waals surface area contributed by atoms with Gasteiger partial charge in [0.1, 0.15) is 5.82 Å². The molecule has 1 heterocycles. The van der Waals surface area contributed by atoms with Crippen LogP contribution in [0.3, 0.4) is 0 Å². The van der Waals surface area contributed by atoms with Crippen molar-refractivity contribution in [3.8, 4) is 16.9 Å². The van der Waals surface area contributed by atoms with Crippen molar-refractivity contribution in [2.45, 2.75) is 11.8 Å². The third-order valence-corrected chi connectivity index (χ3v) is 7.10. The van der Waals surface area contributed by atoms with Crippen molar-refractivity contribution in [3.63, 3.8) is 0 Å². The molecular weight excluding hydrogens is 515 g/mol. The molecule has 1 N–H and O–H groups in total. The second-order valence-corrected chi connectivity index (χ2v) is 9.71. The van der Waals surface area contributed by atoms with Crippen LogP contribution in [0.15, 0.2) is 89.8 Å². The van der Waals surface area contributed by atoms with Gasteiger partial charge in [0.2, 0.25) is 11.8 Å². The highest BCUT2D eigenvalue weighted by Gasteiger charge is 2.19. The quantitative estimate of drug-likeness (QED) is 0.249. The zero-order valence-electron chi connectivity index (χ0n) is 19.5. The number of hydrogen-bond acceptors (Lipinski definition) is 4. The first kappa shape index (κ1) is 25.8. The topological polar surface area (TPSA) is 67.2 Å². The maximum Gasteiger partial charge on any atom is 0.245 e. The summed E-state index contributed by atoms with van der Waals surface area (Å²) in [4.78, 5) is 28.3. The third-order valence-electron chi connectivity index (χ3n) is 5.37. The van der Waals surface area contributed by atoms with Gasteiger partial charge in [-0.15, -0.1) is 11.8 Å². The molecule has 0 atom stereocenters. The fourth-order valence-electron chi connectivity index (χ4n) is 3.52. The van der Waals surface area contributed by atoms with E-state index in [0.29, 0.717) is 33.8 Å². The number of halogens is 2. The number of benzene rings is 3. The van der Waals surface area contributed by atoms with Gasteiger partial charge in [-0.3, -0.25) is 9.59 Å². The minimum atomic E-state index is -0.323. The van der Waals surface area contributed by atoms with Gasteiger partial charge in [0.15, 0.2) is 0 Å². The molecule has 184 valence electrons. The summed E-state index contributed by atoms with van der Waals surface area (Å²) in [5.41, 5.74) is 2.22. The van der Waals surface area contributed by atoms with Crippen LogP contribution in [-0.4, -0.2) is 45.3 Å². The molecule has 3 aromatic carbocycles. The van der Waals surface area contributed by atoms with Gasteiger partial charge in [0.05, 0.1) is 33.7 Å². The number of hydrogen-bond donors (Lipinski definition) is 1. The summed E-state index contributed by atoms with van der Waals surface area (Å²) in [7, 11) is 0. The van der Waals surface area contributed by atoms with E-state index < -0.39 is 0 Å². The average molecular weight is 539 g/mol. The Morgan fingerprint density at radius 2 is 1.64 bits per heavy atom. The predicted molar refractivity (Wildman–Crippen MR) is 147 cm³/mol. The van der Waals surface area contributed by atoms with Gasteiger partial charge in [-0.2, -0.15) is 5.10 Å². The largest absolute Gasteiger partial charge is 0.333 e. The van der Waals surface area contributed by atoms with Crippen LogP contribution >= 0.6 is 35.0 Å². The maximum atomic E-state index is 13.0. The average Bonchev–Trinajstić information content (AvgIpc) is 3.32. The van der Waals surface area contributed by atoms with Crippen LogP contribution in [0.5, 0.6) is 0 Å². The van der Waals surface area contributed by atoms with Crippen molar-refractivity contribution in [1.82, 2.24) is 14.7 Å². The normalized spacial score (nSPS) is 10.8. The highest BCUT2D eigenvalue weighted by atomic mass is 35.5. The fraction of sp³-hybridized carbons (Fsp3) is 0.148. The van der Waals surface area contributed by atoms with E-state index in [9.17, 15) is 9.59 Å². The molecule has 6 nitrogen and oxygen atoms in total. The van der Waals surface area contributed by atoms with Gasteiger partial charge in [0.25, 0.3) is 0 Å². The van der Waals surface area contributed by atoms with E-state index in [1.54, 1.807) is 28.9 Å². The second-order valence-electron chi connectivity index (χ2n) is 7.85. The van der Waals surface area contributed by atoms with Crippen LogP contribution in [0, 0.1) is 0 Å². The number of amides is 2. The molecule has 0 bridgehead atoms. The van der Waals surface area contributed by atoms with E-state index in [4.69, 9.17) is 23.2 Å². The number of anilines is 1. The lowest BCUT2D eigenvalue weighted by Gasteiger charge is -2.20. The molecule has 0 aliphatic heterocycles. The SMILES string of the molecule is CCN(CC(=O)Nc1cc(-c2ccccc2)nn1-c1ccc(Cl)c(Cl)c1)C(=O)CSc1ccccc1. The van der Waals surface area contributed by atoms with Gasteiger partial charge in [-0.05, 0) is 37.3 Å². The van der Waals surface area contributed by atoms with Crippen LogP contribution in [0.2, 0.25) is 10.0 Å². The van der Waals surface area contributed by atoms with Gasteiger partial charge in [-0.1, -0.05) is 71.7 Å². The first-order valence-corrected chi connectivity index (χ1v) is 13.0. The lowest BCUT2D eigenvalue weighted by atomic mass is 10.1. The summed E-state index contributed by atoms with van der Waals surface area (Å²) < 4.78 is 1.60. The van der Waals surface area contributed by atoms with Crippen LogP contribution in [-0.2, 0) is 9.59 Å². The lowest BCUT2D eigenvalue weighted by Crippen LogP contribution is -2.39. The van der Waals surface area contributed by atoms with Gasteiger partial charge < -0.3 is 10.2 Å². The number of nitrogens with one attached hydrogen (secondary N) is 1. The van der Waals surface area contributed by atoms with E-state index in [0.717, 1.165) is 10.5 Å². The first-order valence-electron chi connectivity index (χ1n) is 11.3. The summed E-state index contributed by atoms with van der Waals surface area (Å²) in [6.45, 7) is 2.20. The summed E-state index contributed by atoms with van der Waals surface area (Å²) in [5.74, 6) is 0.282. The Hall–Kier alpha value is -3.26. The van der Waals surface area contributed by atoms with E-state index >= 15 is 0 Å². The van der Waals surface area contributed by atoms with Crippen molar-refractivity contribution in [3.05, 3.63) is 95.0 Å². The molecule has 0 aliphatic rings. The number of aromatic nitrogens is 2. The van der Waals surface area contributed by atoms with Crippen molar-refractivity contribution >= 4 is 52.6 Å². The molecule has 0 unspecified atom stereocenters. The second kappa shape index (κ2) is 12.1. The van der Waals surface area contributed by atoms with Gasteiger partial charge in [0, 0.05) is 23.1 Å². The third kappa shape index (κ3) is 6.49. The molecule has 4 aromatic rings. The first-order chi connectivity index (χ1) is 17.4. The summed E-state index contributed by atoms with van der Waals surface area (Å²) >= 11 is 13.8. The van der Waals surface area contributed by atoms with Gasteiger partial charge >= 0.3 is 0 Å². The van der Waals surface area contributed by atoms with Crippen LogP contribution in [0.4, 0.5) is 5.82 Å². The Morgan fingerprint density at radius 1 is 0.944 bits per heavy atom. The summed E-state index contributed by atoms with van der Waals surface area (Å²) in [6, 6.07) is 26.3. The molecule has 2 amide bonds. The molecule has 0 saturated carbocycles. The number of carbonyl (C=O) groups excluding carboxylic acids is 2. The number of carbonyl (C=O) groups is 2. The Morgan fingerprint density at radius 3 is 2.31 bits per heavy atom. The molecule has 9 heteroatoms. The molecule has 1 aromatic heterocycles. The number of nitrogens with zero attached hydrogens (tertiary/aromatic N) is 3. The molecule has 0 aliphatic carbocycles. The van der Waals surface area contributed by atoms with Crippen molar-refractivity contribution in [2.24, 2.45) is 0 Å². The number of likely N-dealkylation sites (N-methyl/N-ethyl adjacent to an activating group) is 1. The molecule has 0 spiro atoms. The van der Waals surface area contributed by atoms with Crippen molar-refractivity contribution in [1.29, 1.82) is 0 Å². The molecule has 0 saturated heterocycles. The standard InChI is InChI=1S/C27H24Cl2N4O2S/c1-2-32(27(35)18-36-21-11-7-4-8-12-21)17-26(34)30-25-16-24(19-9-5-3-6-10-19)31-33(25)20-13-14-22(28)23(29)15-20/h3-16H,2,17-18H2,1H3,(H,30,34). The Bertz CT molecular complexity index is 1350. The Kier molecular flexibility index (Phi) is 8.70. The highest BCUT2D eigenvalue weighted by molar-refractivity contribution is 8.00. The molecule has 0 radical (unpaired) electrons. The van der Waals surface area contributed by atoms with E-state index in [1.165, 1.54) is 16.7 Å². The van der Waals surface area contributed by atoms with E-state index in [1.807, 2.05) is 67.6 Å². The molecule has 36 heavy (non-hydrogen) atoms. The number of rotatable bonds is 9. The minimum Gasteiger partial charge on any atom is -0.333 e. The van der Waals surface area contributed by atoms with E-state index in [2.05, 4.69) is 10.4 Å². The zero-order valence-corrected chi connectivity index (χ0v) is 21.9. The zero-order chi connectivity index (χ0) is 25.5. The molecule has 0 fully saturated rings. The van der Waals surface area contributed by atoms with Gasteiger partial charge in [-0.25, -0.2) is 4.68 Å². The monoisotopic (exact) mass is 538 g/mol. The predicted octanol–water partition coefficient (Wildman–Crippen LogP) is 6.43. The number of thioether (sulfide) groups is 1. The van der Waals surface area contributed by atoms with Crippen LogP contribution in [0.25, 0.3) is 16.9 Å². The minimum absolute atomic E-state index is 0.0715. The Labute approximate surface area is 224 Å². The van der Waals surface area contributed by atoms with E-state index in [-0.39, 0.29) is 24.1 Å².